The molecule has 1 aliphatic rings. The first-order chi connectivity index (χ1) is 8.60. The van der Waals surface area contributed by atoms with Crippen molar-refractivity contribution in [1.82, 2.24) is 9.88 Å². The minimum Gasteiger partial charge on any atom is -0.394 e. The van der Waals surface area contributed by atoms with E-state index in [1.165, 1.54) is 0 Å². The van der Waals surface area contributed by atoms with Crippen molar-refractivity contribution < 1.29 is 9.90 Å². The van der Waals surface area contributed by atoms with E-state index in [9.17, 15) is 9.90 Å². The van der Waals surface area contributed by atoms with Gasteiger partial charge in [-0.1, -0.05) is 0 Å². The van der Waals surface area contributed by atoms with Crippen molar-refractivity contribution in [2.24, 2.45) is 0 Å². The SMILES string of the molecule is Cc1cc(C)nc(NC(=O)N2CCC[C@@H]2CO)c1. The standard InChI is InChI=1S/C13H19N3O2/c1-9-6-10(2)14-12(7-9)15-13(18)16-5-3-4-11(16)8-17/h6-7,11,17H,3-5,8H2,1-2H3,(H,14,15,18)/t11-/m1/s1. The summed E-state index contributed by atoms with van der Waals surface area (Å²) in [5, 5.41) is 12.0. The second kappa shape index (κ2) is 5.35. The van der Waals surface area contributed by atoms with Crippen LogP contribution in [0.2, 0.25) is 0 Å². The number of nitrogens with zero attached hydrogens (tertiary/aromatic N) is 2. The number of aliphatic hydroxyl groups is 1. The maximum Gasteiger partial charge on any atom is 0.323 e. The molecule has 0 aliphatic carbocycles. The summed E-state index contributed by atoms with van der Waals surface area (Å²) in [4.78, 5) is 18.0. The Morgan fingerprint density at radius 2 is 2.33 bits per heavy atom. The highest BCUT2D eigenvalue weighted by Crippen LogP contribution is 2.18. The van der Waals surface area contributed by atoms with E-state index in [-0.39, 0.29) is 18.7 Å². The molecule has 0 saturated carbocycles. The number of hydrogen-bond acceptors (Lipinski definition) is 3. The Bertz CT molecular complexity index is 428. The van der Waals surface area contributed by atoms with Gasteiger partial charge in [-0.2, -0.15) is 0 Å². The minimum absolute atomic E-state index is 0.0215. The molecule has 1 aliphatic heterocycles. The molecule has 1 fully saturated rings. The predicted octanol–water partition coefficient (Wildman–Crippen LogP) is 1.69. The van der Waals surface area contributed by atoms with Crippen LogP contribution in [0.15, 0.2) is 12.1 Å². The summed E-state index contributed by atoms with van der Waals surface area (Å²) in [6, 6.07) is 3.57. The van der Waals surface area contributed by atoms with Gasteiger partial charge in [-0.3, -0.25) is 5.32 Å². The molecule has 0 radical (unpaired) electrons. The molecule has 2 amide bonds. The Morgan fingerprint density at radius 3 is 3.00 bits per heavy atom. The zero-order valence-electron chi connectivity index (χ0n) is 10.8. The fraction of sp³-hybridized carbons (Fsp3) is 0.538. The maximum absolute atomic E-state index is 12.1. The predicted molar refractivity (Wildman–Crippen MR) is 69.5 cm³/mol. The number of aryl methyl sites for hydroxylation is 2. The van der Waals surface area contributed by atoms with Crippen LogP contribution in [0.4, 0.5) is 10.6 Å². The third-order valence-electron chi connectivity index (χ3n) is 3.18. The largest absolute Gasteiger partial charge is 0.394 e. The third kappa shape index (κ3) is 2.79. The Labute approximate surface area is 107 Å². The molecule has 1 saturated heterocycles. The Kier molecular flexibility index (Phi) is 3.81. The second-order valence-corrected chi connectivity index (χ2v) is 4.77. The molecule has 0 bridgehead atoms. The maximum atomic E-state index is 12.1. The van der Waals surface area contributed by atoms with Crippen LogP contribution in [0.1, 0.15) is 24.1 Å². The molecule has 1 aromatic heterocycles. The molecule has 2 heterocycles. The monoisotopic (exact) mass is 249 g/mol. The number of carbonyl (C=O) groups excluding carboxylic acids is 1. The van der Waals surface area contributed by atoms with E-state index in [1.807, 2.05) is 26.0 Å². The second-order valence-electron chi connectivity index (χ2n) is 4.77. The Balaban J connectivity index is 2.06. The lowest BCUT2D eigenvalue weighted by atomic mass is 10.2. The fourth-order valence-corrected chi connectivity index (χ4v) is 2.38. The van der Waals surface area contributed by atoms with Crippen molar-refractivity contribution in [1.29, 1.82) is 0 Å². The quantitative estimate of drug-likeness (QED) is 0.838. The molecule has 1 atom stereocenters. The van der Waals surface area contributed by atoms with E-state index in [1.54, 1.807) is 4.90 Å². The number of anilines is 1. The summed E-state index contributed by atoms with van der Waals surface area (Å²) in [6.45, 7) is 4.58. The number of pyridine rings is 1. The number of amides is 2. The van der Waals surface area contributed by atoms with Crippen LogP contribution in [0.5, 0.6) is 0 Å². The number of carbonyl (C=O) groups is 1. The zero-order chi connectivity index (χ0) is 13.1. The van der Waals surface area contributed by atoms with Gasteiger partial charge < -0.3 is 10.0 Å². The van der Waals surface area contributed by atoms with Gasteiger partial charge in [0.15, 0.2) is 0 Å². The van der Waals surface area contributed by atoms with Crippen molar-refractivity contribution in [3.8, 4) is 0 Å². The summed E-state index contributed by atoms with van der Waals surface area (Å²) in [7, 11) is 0. The summed E-state index contributed by atoms with van der Waals surface area (Å²) < 4.78 is 0. The van der Waals surface area contributed by atoms with Crippen molar-refractivity contribution >= 4 is 11.8 Å². The van der Waals surface area contributed by atoms with E-state index in [0.29, 0.717) is 12.4 Å². The van der Waals surface area contributed by atoms with Gasteiger partial charge in [-0.25, -0.2) is 9.78 Å². The average Bonchev–Trinajstić information content (AvgIpc) is 2.75. The lowest BCUT2D eigenvalue weighted by Gasteiger charge is -2.23. The molecule has 1 aromatic rings. The van der Waals surface area contributed by atoms with Crippen LogP contribution < -0.4 is 5.32 Å². The van der Waals surface area contributed by atoms with E-state index in [4.69, 9.17) is 0 Å². The summed E-state index contributed by atoms with van der Waals surface area (Å²) >= 11 is 0. The van der Waals surface area contributed by atoms with Gasteiger partial charge in [-0.15, -0.1) is 0 Å². The van der Waals surface area contributed by atoms with E-state index >= 15 is 0 Å². The molecule has 0 spiro atoms. The average molecular weight is 249 g/mol. The molecule has 0 unspecified atom stereocenters. The van der Waals surface area contributed by atoms with Crippen molar-refractivity contribution in [2.75, 3.05) is 18.5 Å². The molecule has 5 nitrogen and oxygen atoms in total. The zero-order valence-corrected chi connectivity index (χ0v) is 10.8. The van der Waals surface area contributed by atoms with Gasteiger partial charge in [0.05, 0.1) is 12.6 Å². The smallest absolute Gasteiger partial charge is 0.323 e. The number of urea groups is 1. The molecular weight excluding hydrogens is 230 g/mol. The number of hydrogen-bond donors (Lipinski definition) is 2. The molecule has 2 N–H and O–H groups in total. The number of nitrogens with one attached hydrogen (secondary N) is 1. The van der Waals surface area contributed by atoms with Crippen molar-refractivity contribution in [2.45, 2.75) is 32.7 Å². The van der Waals surface area contributed by atoms with Crippen LogP contribution in [0.3, 0.4) is 0 Å². The molecule has 98 valence electrons. The van der Waals surface area contributed by atoms with Gasteiger partial charge in [-0.05, 0) is 44.4 Å². The first kappa shape index (κ1) is 12.8. The van der Waals surface area contributed by atoms with E-state index in [0.717, 1.165) is 24.1 Å². The van der Waals surface area contributed by atoms with Crippen LogP contribution in [-0.4, -0.2) is 40.2 Å². The van der Waals surface area contributed by atoms with E-state index in [2.05, 4.69) is 10.3 Å². The topological polar surface area (TPSA) is 65.5 Å². The first-order valence-corrected chi connectivity index (χ1v) is 6.24. The highest BCUT2D eigenvalue weighted by molar-refractivity contribution is 5.88. The van der Waals surface area contributed by atoms with Crippen LogP contribution in [0.25, 0.3) is 0 Å². The van der Waals surface area contributed by atoms with Gasteiger partial charge in [0.2, 0.25) is 0 Å². The number of likely N-dealkylation sites (tertiary alicyclic amines) is 1. The normalized spacial score (nSPS) is 19.1. The lowest BCUT2D eigenvalue weighted by molar-refractivity contribution is 0.166. The van der Waals surface area contributed by atoms with Crippen molar-refractivity contribution in [3.63, 3.8) is 0 Å². The molecule has 2 rings (SSSR count). The van der Waals surface area contributed by atoms with Gasteiger partial charge in [0.1, 0.15) is 5.82 Å². The Hall–Kier alpha value is -1.62. The highest BCUT2D eigenvalue weighted by Gasteiger charge is 2.28. The molecule has 18 heavy (non-hydrogen) atoms. The highest BCUT2D eigenvalue weighted by atomic mass is 16.3. The number of aliphatic hydroxyl groups excluding tert-OH is 1. The third-order valence-corrected chi connectivity index (χ3v) is 3.18. The van der Waals surface area contributed by atoms with Crippen LogP contribution >= 0.6 is 0 Å². The fourth-order valence-electron chi connectivity index (χ4n) is 2.38. The number of rotatable bonds is 2. The molecular formula is C13H19N3O2. The van der Waals surface area contributed by atoms with Gasteiger partial charge >= 0.3 is 6.03 Å². The Morgan fingerprint density at radius 1 is 1.56 bits per heavy atom. The summed E-state index contributed by atoms with van der Waals surface area (Å²) in [6.07, 6.45) is 1.81. The van der Waals surface area contributed by atoms with Gasteiger partial charge in [0.25, 0.3) is 0 Å². The van der Waals surface area contributed by atoms with Gasteiger partial charge in [0, 0.05) is 12.2 Å². The summed E-state index contributed by atoms with van der Waals surface area (Å²) in [5.74, 6) is 0.570. The number of aromatic nitrogens is 1. The molecule has 0 aromatic carbocycles. The van der Waals surface area contributed by atoms with Crippen molar-refractivity contribution in [3.05, 3.63) is 23.4 Å². The summed E-state index contributed by atoms with van der Waals surface area (Å²) in [5.41, 5.74) is 1.95. The minimum atomic E-state index is -0.177. The van der Waals surface area contributed by atoms with Crippen LogP contribution in [-0.2, 0) is 0 Å². The first-order valence-electron chi connectivity index (χ1n) is 6.24. The molecule has 5 heteroatoms. The lowest BCUT2D eigenvalue weighted by Crippen LogP contribution is -2.40. The van der Waals surface area contributed by atoms with Crippen LogP contribution in [0, 0.1) is 13.8 Å². The van der Waals surface area contributed by atoms with E-state index < -0.39 is 0 Å².